The lowest BCUT2D eigenvalue weighted by Gasteiger charge is -2.26. The third kappa shape index (κ3) is 2.85. The van der Waals surface area contributed by atoms with Gasteiger partial charge < -0.3 is 10.0 Å². The molecule has 2 aromatic rings. The molecule has 18 heavy (non-hydrogen) atoms. The van der Waals surface area contributed by atoms with Gasteiger partial charge in [-0.2, -0.15) is 0 Å². The quantitative estimate of drug-likeness (QED) is 0.856. The van der Waals surface area contributed by atoms with Crippen molar-refractivity contribution in [3.05, 3.63) is 42.5 Å². The molecule has 1 N–H and O–H groups in total. The summed E-state index contributed by atoms with van der Waals surface area (Å²) in [7, 11) is 0. The Morgan fingerprint density at radius 1 is 1.17 bits per heavy atom. The molecule has 3 heteroatoms. The third-order valence-corrected chi connectivity index (χ3v) is 3.85. The van der Waals surface area contributed by atoms with Crippen LogP contribution in [0.1, 0.15) is 6.92 Å². The predicted octanol–water partition coefficient (Wildman–Crippen LogP) is 3.42. The van der Waals surface area contributed by atoms with Crippen LogP contribution in [-0.4, -0.2) is 29.6 Å². The van der Waals surface area contributed by atoms with Crippen LogP contribution in [0, 0.1) is 0 Å². The van der Waals surface area contributed by atoms with Gasteiger partial charge in [0.1, 0.15) is 0 Å². The fourth-order valence-electron chi connectivity index (χ4n) is 2.19. The van der Waals surface area contributed by atoms with E-state index in [0.717, 1.165) is 6.54 Å². The van der Waals surface area contributed by atoms with E-state index in [-0.39, 0.29) is 6.10 Å². The second kappa shape index (κ2) is 6.21. The monoisotopic (exact) mass is 307 g/mol. The van der Waals surface area contributed by atoms with Crippen LogP contribution in [0.3, 0.4) is 0 Å². The Balaban J connectivity index is 2.38. The number of aliphatic hydroxyl groups is 1. The topological polar surface area (TPSA) is 23.5 Å². The number of alkyl halides is 1. The summed E-state index contributed by atoms with van der Waals surface area (Å²) in [5, 5.41) is 12.9. The summed E-state index contributed by atoms with van der Waals surface area (Å²) in [6.07, 6.45) is -0.344. The maximum absolute atomic E-state index is 9.80. The van der Waals surface area contributed by atoms with Crippen molar-refractivity contribution in [3.8, 4) is 0 Å². The highest BCUT2D eigenvalue weighted by molar-refractivity contribution is 9.09. The summed E-state index contributed by atoms with van der Waals surface area (Å²) in [6.45, 7) is 3.65. The Bertz CT molecular complexity index is 509. The lowest BCUT2D eigenvalue weighted by atomic mass is 10.1. The number of aliphatic hydroxyl groups excluding tert-OH is 1. The van der Waals surface area contributed by atoms with E-state index >= 15 is 0 Å². The average Bonchev–Trinajstić information content (AvgIpc) is 2.44. The predicted molar refractivity (Wildman–Crippen MR) is 81.6 cm³/mol. The highest BCUT2D eigenvalue weighted by atomic mass is 79.9. The molecule has 0 aliphatic heterocycles. The van der Waals surface area contributed by atoms with E-state index in [0.29, 0.717) is 11.9 Å². The Labute approximate surface area is 116 Å². The average molecular weight is 308 g/mol. The van der Waals surface area contributed by atoms with E-state index in [1.807, 2.05) is 0 Å². The van der Waals surface area contributed by atoms with Gasteiger partial charge in [0, 0.05) is 29.5 Å². The molecule has 0 amide bonds. The molecule has 1 atom stereocenters. The lowest BCUT2D eigenvalue weighted by Crippen LogP contribution is -2.33. The van der Waals surface area contributed by atoms with Crippen LogP contribution in [0.5, 0.6) is 0 Å². The van der Waals surface area contributed by atoms with Gasteiger partial charge in [-0.05, 0) is 18.4 Å². The molecule has 0 aromatic heterocycles. The number of rotatable bonds is 5. The standard InChI is InChI=1S/C15H18BrNO/c1-2-17(11-13(18)10-16)15-9-5-7-12-6-3-4-8-14(12)15/h3-9,13,18H,2,10-11H2,1H3. The van der Waals surface area contributed by atoms with Crippen LogP contribution >= 0.6 is 15.9 Å². The number of anilines is 1. The Morgan fingerprint density at radius 2 is 1.89 bits per heavy atom. The largest absolute Gasteiger partial charge is 0.390 e. The molecule has 0 radical (unpaired) electrons. The zero-order valence-corrected chi connectivity index (χ0v) is 12.1. The van der Waals surface area contributed by atoms with E-state index in [9.17, 15) is 5.11 Å². The van der Waals surface area contributed by atoms with Crippen LogP contribution in [0.2, 0.25) is 0 Å². The molecule has 2 aromatic carbocycles. The van der Waals surface area contributed by atoms with E-state index in [2.05, 4.69) is 70.2 Å². The molecule has 0 saturated carbocycles. The van der Waals surface area contributed by atoms with Crippen molar-refractivity contribution < 1.29 is 5.11 Å². The first-order valence-electron chi connectivity index (χ1n) is 6.23. The maximum atomic E-state index is 9.80. The molecule has 2 rings (SSSR count). The zero-order valence-electron chi connectivity index (χ0n) is 10.5. The first kappa shape index (κ1) is 13.4. The van der Waals surface area contributed by atoms with Gasteiger partial charge in [0.2, 0.25) is 0 Å². The van der Waals surface area contributed by atoms with Gasteiger partial charge in [-0.15, -0.1) is 0 Å². The minimum atomic E-state index is -0.344. The molecule has 0 aliphatic rings. The van der Waals surface area contributed by atoms with E-state index in [4.69, 9.17) is 0 Å². The maximum Gasteiger partial charge on any atom is 0.0811 e. The van der Waals surface area contributed by atoms with Crippen molar-refractivity contribution >= 4 is 32.4 Å². The summed E-state index contributed by atoms with van der Waals surface area (Å²) in [6, 6.07) is 14.7. The third-order valence-electron chi connectivity index (χ3n) is 3.10. The Morgan fingerprint density at radius 3 is 2.61 bits per heavy atom. The number of fused-ring (bicyclic) bond motifs is 1. The summed E-state index contributed by atoms with van der Waals surface area (Å²) >= 11 is 3.32. The minimum Gasteiger partial charge on any atom is -0.390 e. The minimum absolute atomic E-state index is 0.344. The van der Waals surface area contributed by atoms with Crippen molar-refractivity contribution in [1.82, 2.24) is 0 Å². The highest BCUT2D eigenvalue weighted by Gasteiger charge is 2.12. The molecule has 96 valence electrons. The van der Waals surface area contributed by atoms with Crippen LogP contribution < -0.4 is 4.90 Å². The van der Waals surface area contributed by atoms with Crippen molar-refractivity contribution in [2.24, 2.45) is 0 Å². The Kier molecular flexibility index (Phi) is 4.61. The molecule has 0 fully saturated rings. The first-order chi connectivity index (χ1) is 8.76. The number of hydrogen-bond donors (Lipinski definition) is 1. The molecular weight excluding hydrogens is 290 g/mol. The van der Waals surface area contributed by atoms with Gasteiger partial charge >= 0.3 is 0 Å². The summed E-state index contributed by atoms with van der Waals surface area (Å²) < 4.78 is 0. The van der Waals surface area contributed by atoms with Crippen molar-refractivity contribution in [3.63, 3.8) is 0 Å². The van der Waals surface area contributed by atoms with Gasteiger partial charge in [-0.1, -0.05) is 52.3 Å². The summed E-state index contributed by atoms with van der Waals surface area (Å²) in [4.78, 5) is 2.22. The molecule has 2 nitrogen and oxygen atoms in total. The number of likely N-dealkylation sites (N-methyl/N-ethyl adjacent to an activating group) is 1. The lowest BCUT2D eigenvalue weighted by molar-refractivity contribution is 0.206. The first-order valence-corrected chi connectivity index (χ1v) is 7.35. The number of nitrogens with zero attached hydrogens (tertiary/aromatic N) is 1. The number of hydrogen-bond acceptors (Lipinski definition) is 2. The van der Waals surface area contributed by atoms with E-state index in [1.165, 1.54) is 16.5 Å². The van der Waals surface area contributed by atoms with E-state index in [1.54, 1.807) is 0 Å². The smallest absolute Gasteiger partial charge is 0.0811 e. The second-order valence-corrected chi connectivity index (χ2v) is 4.99. The molecule has 0 spiro atoms. The molecule has 0 bridgehead atoms. The highest BCUT2D eigenvalue weighted by Crippen LogP contribution is 2.26. The molecule has 0 saturated heterocycles. The number of halogens is 1. The molecular formula is C15H18BrNO. The summed E-state index contributed by atoms with van der Waals surface area (Å²) in [5.74, 6) is 0. The zero-order chi connectivity index (χ0) is 13.0. The molecule has 1 unspecified atom stereocenters. The molecule has 0 heterocycles. The SMILES string of the molecule is CCN(CC(O)CBr)c1cccc2ccccc12. The van der Waals surface area contributed by atoms with Crippen LogP contribution in [-0.2, 0) is 0 Å². The van der Waals surface area contributed by atoms with Crippen LogP contribution in [0.4, 0.5) is 5.69 Å². The van der Waals surface area contributed by atoms with Gasteiger partial charge in [0.15, 0.2) is 0 Å². The van der Waals surface area contributed by atoms with Gasteiger partial charge in [-0.25, -0.2) is 0 Å². The van der Waals surface area contributed by atoms with Crippen molar-refractivity contribution in [2.45, 2.75) is 13.0 Å². The fourth-order valence-corrected chi connectivity index (χ4v) is 2.39. The van der Waals surface area contributed by atoms with Crippen LogP contribution in [0.15, 0.2) is 42.5 Å². The second-order valence-electron chi connectivity index (χ2n) is 4.35. The van der Waals surface area contributed by atoms with Crippen molar-refractivity contribution in [2.75, 3.05) is 23.3 Å². The van der Waals surface area contributed by atoms with Crippen LogP contribution in [0.25, 0.3) is 10.8 Å². The number of benzene rings is 2. The molecule has 0 aliphatic carbocycles. The van der Waals surface area contributed by atoms with Crippen molar-refractivity contribution in [1.29, 1.82) is 0 Å². The Hall–Kier alpha value is -1.06. The normalized spacial score (nSPS) is 12.6. The van der Waals surface area contributed by atoms with Gasteiger partial charge in [0.25, 0.3) is 0 Å². The van der Waals surface area contributed by atoms with Gasteiger partial charge in [-0.3, -0.25) is 0 Å². The van der Waals surface area contributed by atoms with Gasteiger partial charge in [0.05, 0.1) is 6.10 Å². The summed E-state index contributed by atoms with van der Waals surface area (Å²) in [5.41, 5.74) is 1.19. The fraction of sp³-hybridized carbons (Fsp3) is 0.333. The van der Waals surface area contributed by atoms with E-state index < -0.39 is 0 Å².